The summed E-state index contributed by atoms with van der Waals surface area (Å²) in [7, 11) is -3.50. The lowest BCUT2D eigenvalue weighted by Gasteiger charge is -2.33. The third-order valence-corrected chi connectivity index (χ3v) is 4.45. The molecule has 0 saturated heterocycles. The standard InChI is InChI=1S/C13H15NO5S/c1-20(18,19)14-8-9(6-7-12(15)16)13(17)10-4-2-3-5-11(10)14/h2-5,9H,6-8H2,1H3,(H,15,16)/t9-/m0/s1. The summed E-state index contributed by atoms with van der Waals surface area (Å²) in [5, 5.41) is 8.71. The summed E-state index contributed by atoms with van der Waals surface area (Å²) in [6.45, 7) is 0.00194. The van der Waals surface area contributed by atoms with E-state index in [1.54, 1.807) is 24.3 Å². The van der Waals surface area contributed by atoms with Crippen LogP contribution in [0.2, 0.25) is 0 Å². The van der Waals surface area contributed by atoms with Gasteiger partial charge >= 0.3 is 5.97 Å². The van der Waals surface area contributed by atoms with E-state index in [1.807, 2.05) is 0 Å². The second kappa shape index (κ2) is 5.24. The molecule has 0 saturated carbocycles. The van der Waals surface area contributed by atoms with Gasteiger partial charge in [-0.2, -0.15) is 0 Å². The molecule has 0 unspecified atom stereocenters. The number of rotatable bonds is 4. The minimum Gasteiger partial charge on any atom is -0.481 e. The molecule has 0 amide bonds. The third kappa shape index (κ3) is 2.82. The number of hydrogen-bond acceptors (Lipinski definition) is 4. The van der Waals surface area contributed by atoms with Gasteiger partial charge in [0, 0.05) is 24.4 Å². The number of aliphatic carboxylic acids is 1. The number of carboxylic acids is 1. The third-order valence-electron chi connectivity index (χ3n) is 3.30. The predicted molar refractivity (Wildman–Crippen MR) is 73.3 cm³/mol. The lowest BCUT2D eigenvalue weighted by molar-refractivity contribution is -0.137. The van der Waals surface area contributed by atoms with Crippen LogP contribution in [0.1, 0.15) is 23.2 Å². The molecule has 0 aromatic heterocycles. The molecule has 7 heteroatoms. The van der Waals surface area contributed by atoms with Crippen molar-refractivity contribution in [2.45, 2.75) is 12.8 Å². The van der Waals surface area contributed by atoms with Crippen molar-refractivity contribution in [3.05, 3.63) is 29.8 Å². The number of Topliss-reactive ketones (excluding diaryl/α,β-unsaturated/α-hetero) is 1. The maximum atomic E-state index is 12.3. The zero-order chi connectivity index (χ0) is 14.9. The maximum absolute atomic E-state index is 12.3. The van der Waals surface area contributed by atoms with E-state index in [1.165, 1.54) is 4.31 Å². The topological polar surface area (TPSA) is 91.8 Å². The molecule has 1 aliphatic rings. The van der Waals surface area contributed by atoms with E-state index in [2.05, 4.69) is 0 Å². The highest BCUT2D eigenvalue weighted by molar-refractivity contribution is 7.92. The highest BCUT2D eigenvalue weighted by atomic mass is 32.2. The molecule has 1 atom stereocenters. The number of ketones is 1. The first-order valence-electron chi connectivity index (χ1n) is 6.13. The van der Waals surface area contributed by atoms with E-state index in [9.17, 15) is 18.0 Å². The zero-order valence-electron chi connectivity index (χ0n) is 10.9. The van der Waals surface area contributed by atoms with E-state index in [0.29, 0.717) is 11.3 Å². The van der Waals surface area contributed by atoms with Gasteiger partial charge in [0.1, 0.15) is 0 Å². The number of hydrogen-bond donors (Lipinski definition) is 1. The summed E-state index contributed by atoms with van der Waals surface area (Å²) in [6.07, 6.45) is 1.05. The number of benzene rings is 1. The first kappa shape index (κ1) is 14.5. The molecule has 2 rings (SSSR count). The Morgan fingerprint density at radius 2 is 2.05 bits per heavy atom. The first-order valence-corrected chi connectivity index (χ1v) is 7.98. The monoisotopic (exact) mass is 297 g/mol. The van der Waals surface area contributed by atoms with Crippen molar-refractivity contribution in [2.24, 2.45) is 5.92 Å². The van der Waals surface area contributed by atoms with E-state index < -0.39 is 21.9 Å². The number of anilines is 1. The van der Waals surface area contributed by atoms with Gasteiger partial charge in [-0.15, -0.1) is 0 Å². The van der Waals surface area contributed by atoms with Crippen LogP contribution in [-0.2, 0) is 14.8 Å². The summed E-state index contributed by atoms with van der Waals surface area (Å²) in [5.41, 5.74) is 0.700. The van der Waals surface area contributed by atoms with Gasteiger partial charge in [-0.3, -0.25) is 13.9 Å². The maximum Gasteiger partial charge on any atom is 0.303 e. The Bertz CT molecular complexity index is 652. The van der Waals surface area contributed by atoms with Gasteiger partial charge in [-0.25, -0.2) is 8.42 Å². The summed E-state index contributed by atoms with van der Waals surface area (Å²) >= 11 is 0. The number of para-hydroxylation sites is 1. The van der Waals surface area contributed by atoms with Gasteiger partial charge in [0.2, 0.25) is 10.0 Å². The molecule has 0 spiro atoms. The van der Waals surface area contributed by atoms with Crippen molar-refractivity contribution in [2.75, 3.05) is 17.1 Å². The number of carbonyl (C=O) groups is 2. The lowest BCUT2D eigenvalue weighted by atomic mass is 9.89. The molecule has 1 aromatic carbocycles. The van der Waals surface area contributed by atoms with Gasteiger partial charge in [0.05, 0.1) is 11.9 Å². The average molecular weight is 297 g/mol. The minimum atomic E-state index is -3.50. The van der Waals surface area contributed by atoms with E-state index in [4.69, 9.17) is 5.11 Å². The van der Waals surface area contributed by atoms with E-state index >= 15 is 0 Å². The van der Waals surface area contributed by atoms with Crippen molar-refractivity contribution in [3.8, 4) is 0 Å². The quantitative estimate of drug-likeness (QED) is 0.899. The van der Waals surface area contributed by atoms with Crippen LogP contribution < -0.4 is 4.31 Å². The number of fused-ring (bicyclic) bond motifs is 1. The van der Waals surface area contributed by atoms with Gasteiger partial charge in [-0.05, 0) is 18.6 Å². The molecule has 1 aromatic rings. The lowest BCUT2D eigenvalue weighted by Crippen LogP contribution is -2.42. The van der Waals surface area contributed by atoms with Gasteiger partial charge in [-0.1, -0.05) is 12.1 Å². The number of carboxylic acid groups (broad SMARTS) is 1. The fourth-order valence-electron chi connectivity index (χ4n) is 2.33. The Hall–Kier alpha value is -1.89. The largest absolute Gasteiger partial charge is 0.481 e. The average Bonchev–Trinajstić information content (AvgIpc) is 2.36. The summed E-state index contributed by atoms with van der Waals surface area (Å²) in [4.78, 5) is 22.9. The van der Waals surface area contributed by atoms with Crippen LogP contribution in [-0.4, -0.2) is 38.1 Å². The van der Waals surface area contributed by atoms with Crippen LogP contribution in [0, 0.1) is 5.92 Å². The van der Waals surface area contributed by atoms with Crippen LogP contribution in [0.3, 0.4) is 0 Å². The van der Waals surface area contributed by atoms with Crippen LogP contribution in [0.4, 0.5) is 5.69 Å². The molecule has 108 valence electrons. The van der Waals surface area contributed by atoms with Gasteiger partial charge in [0.15, 0.2) is 5.78 Å². The van der Waals surface area contributed by atoms with E-state index in [-0.39, 0.29) is 25.2 Å². The van der Waals surface area contributed by atoms with Gasteiger partial charge < -0.3 is 5.11 Å². The SMILES string of the molecule is CS(=O)(=O)N1C[C@H](CCC(=O)O)C(=O)c2ccccc21. The van der Waals surface area contributed by atoms with Crippen LogP contribution in [0.15, 0.2) is 24.3 Å². The van der Waals surface area contributed by atoms with Crippen LogP contribution >= 0.6 is 0 Å². The van der Waals surface area contributed by atoms with Crippen molar-refractivity contribution in [1.82, 2.24) is 0 Å². The predicted octanol–water partition coefficient (Wildman–Crippen LogP) is 1.13. The minimum absolute atomic E-state index is 0.00194. The summed E-state index contributed by atoms with van der Waals surface area (Å²) < 4.78 is 24.9. The second-order valence-corrected chi connectivity index (χ2v) is 6.71. The Balaban J connectivity index is 2.40. The smallest absolute Gasteiger partial charge is 0.303 e. The zero-order valence-corrected chi connectivity index (χ0v) is 11.8. The number of carbonyl (C=O) groups excluding carboxylic acids is 1. The molecular weight excluding hydrogens is 282 g/mol. The number of sulfonamides is 1. The number of nitrogens with zero attached hydrogens (tertiary/aromatic N) is 1. The van der Waals surface area contributed by atoms with Crippen molar-refractivity contribution in [3.63, 3.8) is 0 Å². The fourth-order valence-corrected chi connectivity index (χ4v) is 3.30. The Labute approximate surface area is 117 Å². The van der Waals surface area contributed by atoms with E-state index in [0.717, 1.165) is 6.26 Å². The fraction of sp³-hybridized carbons (Fsp3) is 0.385. The Morgan fingerprint density at radius 3 is 2.65 bits per heavy atom. The van der Waals surface area contributed by atoms with Gasteiger partial charge in [0.25, 0.3) is 0 Å². The Kier molecular flexibility index (Phi) is 3.80. The van der Waals surface area contributed by atoms with Crippen molar-refractivity contribution in [1.29, 1.82) is 0 Å². The van der Waals surface area contributed by atoms with Crippen LogP contribution in [0.5, 0.6) is 0 Å². The molecular formula is C13H15NO5S. The molecule has 1 aliphatic heterocycles. The highest BCUT2D eigenvalue weighted by Crippen LogP contribution is 2.32. The highest BCUT2D eigenvalue weighted by Gasteiger charge is 2.35. The molecule has 6 nitrogen and oxygen atoms in total. The molecule has 1 N–H and O–H groups in total. The van der Waals surface area contributed by atoms with Crippen molar-refractivity contribution < 1.29 is 23.1 Å². The molecule has 0 radical (unpaired) electrons. The van der Waals surface area contributed by atoms with Crippen LogP contribution in [0.25, 0.3) is 0 Å². The Morgan fingerprint density at radius 1 is 1.40 bits per heavy atom. The molecule has 0 bridgehead atoms. The second-order valence-electron chi connectivity index (χ2n) is 4.80. The normalized spacial score (nSPS) is 18.8. The molecule has 0 aliphatic carbocycles. The van der Waals surface area contributed by atoms with Crippen molar-refractivity contribution >= 4 is 27.5 Å². The summed E-state index contributed by atoms with van der Waals surface area (Å²) in [6, 6.07) is 6.49. The first-order chi connectivity index (χ1) is 9.30. The molecule has 0 fully saturated rings. The summed E-state index contributed by atoms with van der Waals surface area (Å²) in [5.74, 6) is -1.81. The molecule has 20 heavy (non-hydrogen) atoms. The molecule has 1 heterocycles.